The number of oxazole rings is 1. The first-order valence-corrected chi connectivity index (χ1v) is 6.62. The van der Waals surface area contributed by atoms with Crippen molar-refractivity contribution in [3.05, 3.63) is 46.6 Å². The summed E-state index contributed by atoms with van der Waals surface area (Å²) in [5, 5.41) is 2.75. The first-order chi connectivity index (χ1) is 9.91. The van der Waals surface area contributed by atoms with Crippen LogP contribution in [0.15, 0.2) is 29.0 Å². The molecule has 1 aromatic heterocycles. The average molecular weight is 308 g/mol. The zero-order valence-electron chi connectivity index (χ0n) is 11.5. The molecule has 0 bridgehead atoms. The van der Waals surface area contributed by atoms with Gasteiger partial charge in [-0.05, 0) is 12.1 Å². The number of benzene rings is 1. The standard InChI is InChI=1S/C14H14ClN3O3/c1-7(2)12-11(17-6-21-12)14(20)18-9-5-3-4-8(15)10(9)13(16)19/h3-7H,1-2H3,(H2,16,19)(H,18,20). The summed E-state index contributed by atoms with van der Waals surface area (Å²) < 4.78 is 5.20. The lowest BCUT2D eigenvalue weighted by Gasteiger charge is -2.10. The van der Waals surface area contributed by atoms with Gasteiger partial charge in [-0.15, -0.1) is 0 Å². The van der Waals surface area contributed by atoms with Gasteiger partial charge in [0.15, 0.2) is 12.1 Å². The summed E-state index contributed by atoms with van der Waals surface area (Å²) >= 11 is 5.93. The molecule has 2 amide bonds. The summed E-state index contributed by atoms with van der Waals surface area (Å²) in [5.74, 6) is -0.740. The lowest BCUT2D eigenvalue weighted by atomic mass is 10.1. The van der Waals surface area contributed by atoms with E-state index >= 15 is 0 Å². The first-order valence-electron chi connectivity index (χ1n) is 6.24. The molecule has 0 unspecified atom stereocenters. The highest BCUT2D eigenvalue weighted by molar-refractivity contribution is 6.34. The summed E-state index contributed by atoms with van der Waals surface area (Å²) in [7, 11) is 0. The van der Waals surface area contributed by atoms with Crippen LogP contribution in [0.4, 0.5) is 5.69 Å². The number of aromatic nitrogens is 1. The van der Waals surface area contributed by atoms with Crippen molar-refractivity contribution in [3.8, 4) is 0 Å². The maximum absolute atomic E-state index is 12.3. The Morgan fingerprint density at radius 3 is 2.71 bits per heavy atom. The predicted molar refractivity (Wildman–Crippen MR) is 78.5 cm³/mol. The first kappa shape index (κ1) is 15.1. The van der Waals surface area contributed by atoms with Crippen LogP contribution >= 0.6 is 11.6 Å². The second-order valence-corrected chi connectivity index (χ2v) is 5.11. The minimum Gasteiger partial charge on any atom is -0.447 e. The molecule has 0 aliphatic rings. The molecule has 2 rings (SSSR count). The molecule has 0 fully saturated rings. The van der Waals surface area contributed by atoms with Crippen LogP contribution in [0.25, 0.3) is 0 Å². The predicted octanol–water partition coefficient (Wildman–Crippen LogP) is 2.80. The van der Waals surface area contributed by atoms with E-state index in [0.717, 1.165) is 0 Å². The number of anilines is 1. The van der Waals surface area contributed by atoms with Crippen molar-refractivity contribution in [2.45, 2.75) is 19.8 Å². The van der Waals surface area contributed by atoms with Crippen LogP contribution in [-0.2, 0) is 0 Å². The number of halogens is 1. The SMILES string of the molecule is CC(C)c1ocnc1C(=O)Nc1cccc(Cl)c1C(N)=O. The number of hydrogen-bond donors (Lipinski definition) is 2. The molecule has 1 heterocycles. The minimum absolute atomic E-state index is 0.00298. The quantitative estimate of drug-likeness (QED) is 0.907. The Kier molecular flexibility index (Phi) is 4.28. The topological polar surface area (TPSA) is 98.2 Å². The van der Waals surface area contributed by atoms with Crippen LogP contribution in [0, 0.1) is 0 Å². The molecule has 7 heteroatoms. The van der Waals surface area contributed by atoms with Crippen molar-refractivity contribution in [2.75, 3.05) is 5.32 Å². The fourth-order valence-electron chi connectivity index (χ4n) is 1.90. The van der Waals surface area contributed by atoms with Crippen LogP contribution < -0.4 is 11.1 Å². The monoisotopic (exact) mass is 307 g/mol. The van der Waals surface area contributed by atoms with E-state index in [1.54, 1.807) is 12.1 Å². The number of nitrogens with two attached hydrogens (primary N) is 1. The van der Waals surface area contributed by atoms with E-state index in [2.05, 4.69) is 10.3 Å². The zero-order valence-corrected chi connectivity index (χ0v) is 12.3. The molecule has 21 heavy (non-hydrogen) atoms. The lowest BCUT2D eigenvalue weighted by Crippen LogP contribution is -2.20. The van der Waals surface area contributed by atoms with Crippen LogP contribution in [0.2, 0.25) is 5.02 Å². The second-order valence-electron chi connectivity index (χ2n) is 4.70. The van der Waals surface area contributed by atoms with Crippen molar-refractivity contribution in [3.63, 3.8) is 0 Å². The van der Waals surface area contributed by atoms with Gasteiger partial charge in [-0.1, -0.05) is 31.5 Å². The zero-order chi connectivity index (χ0) is 15.6. The maximum Gasteiger partial charge on any atom is 0.277 e. The van der Waals surface area contributed by atoms with E-state index in [1.165, 1.54) is 12.5 Å². The Balaban J connectivity index is 2.34. The van der Waals surface area contributed by atoms with Gasteiger partial charge < -0.3 is 15.5 Å². The van der Waals surface area contributed by atoms with Gasteiger partial charge in [-0.2, -0.15) is 0 Å². The summed E-state index contributed by atoms with van der Waals surface area (Å²) in [6, 6.07) is 4.67. The highest BCUT2D eigenvalue weighted by atomic mass is 35.5. The average Bonchev–Trinajstić information content (AvgIpc) is 2.87. The smallest absolute Gasteiger partial charge is 0.277 e. The third-order valence-electron chi connectivity index (χ3n) is 2.84. The fraction of sp³-hybridized carbons (Fsp3) is 0.214. The van der Waals surface area contributed by atoms with Crippen molar-refractivity contribution in [1.82, 2.24) is 4.98 Å². The van der Waals surface area contributed by atoms with Gasteiger partial charge in [0.05, 0.1) is 16.3 Å². The number of carbonyl (C=O) groups excluding carboxylic acids is 2. The number of hydrogen-bond acceptors (Lipinski definition) is 4. The number of amides is 2. The maximum atomic E-state index is 12.3. The number of rotatable bonds is 4. The molecule has 3 N–H and O–H groups in total. The highest BCUT2D eigenvalue weighted by Gasteiger charge is 2.21. The highest BCUT2D eigenvalue weighted by Crippen LogP contribution is 2.25. The van der Waals surface area contributed by atoms with Gasteiger partial charge in [0.2, 0.25) is 0 Å². The van der Waals surface area contributed by atoms with E-state index in [4.69, 9.17) is 21.8 Å². The van der Waals surface area contributed by atoms with Gasteiger partial charge in [0, 0.05) is 5.92 Å². The molecule has 0 saturated heterocycles. The second kappa shape index (κ2) is 5.97. The molecule has 110 valence electrons. The normalized spacial score (nSPS) is 10.7. The van der Waals surface area contributed by atoms with Crippen LogP contribution in [0.5, 0.6) is 0 Å². The minimum atomic E-state index is -0.722. The summed E-state index contributed by atoms with van der Waals surface area (Å²) in [5.41, 5.74) is 5.74. The molecular weight excluding hydrogens is 294 g/mol. The van der Waals surface area contributed by atoms with E-state index in [-0.39, 0.29) is 27.9 Å². The van der Waals surface area contributed by atoms with Crippen LogP contribution in [0.3, 0.4) is 0 Å². The van der Waals surface area contributed by atoms with Gasteiger partial charge in [-0.25, -0.2) is 4.98 Å². The Bertz CT molecular complexity index is 695. The molecule has 0 saturated carbocycles. The Hall–Kier alpha value is -2.34. The van der Waals surface area contributed by atoms with Crippen LogP contribution in [0.1, 0.15) is 46.4 Å². The molecule has 0 aliphatic heterocycles. The fourth-order valence-corrected chi connectivity index (χ4v) is 2.16. The number of nitrogens with zero attached hydrogens (tertiary/aromatic N) is 1. The molecule has 6 nitrogen and oxygen atoms in total. The van der Waals surface area contributed by atoms with Gasteiger partial charge in [0.1, 0.15) is 5.76 Å². The van der Waals surface area contributed by atoms with Crippen LogP contribution in [-0.4, -0.2) is 16.8 Å². The number of carbonyl (C=O) groups is 2. The molecule has 1 aromatic carbocycles. The van der Waals surface area contributed by atoms with Gasteiger partial charge >= 0.3 is 0 Å². The van der Waals surface area contributed by atoms with Crippen molar-refractivity contribution < 1.29 is 14.0 Å². The van der Waals surface area contributed by atoms with Gasteiger partial charge in [0.25, 0.3) is 11.8 Å². The third kappa shape index (κ3) is 3.05. The van der Waals surface area contributed by atoms with Crippen molar-refractivity contribution in [2.24, 2.45) is 5.73 Å². The largest absolute Gasteiger partial charge is 0.447 e. The number of primary amides is 1. The molecule has 0 aliphatic carbocycles. The molecule has 0 spiro atoms. The Morgan fingerprint density at radius 2 is 2.10 bits per heavy atom. The molecular formula is C14H14ClN3O3. The third-order valence-corrected chi connectivity index (χ3v) is 3.16. The lowest BCUT2D eigenvalue weighted by molar-refractivity contribution is 0.100. The summed E-state index contributed by atoms with van der Waals surface area (Å²) in [6.45, 7) is 3.76. The van der Waals surface area contributed by atoms with E-state index in [1.807, 2.05) is 13.8 Å². The molecule has 2 aromatic rings. The summed E-state index contributed by atoms with van der Waals surface area (Å²) in [6.07, 6.45) is 1.21. The molecule has 0 atom stereocenters. The summed E-state index contributed by atoms with van der Waals surface area (Å²) in [4.78, 5) is 27.6. The van der Waals surface area contributed by atoms with E-state index < -0.39 is 11.8 Å². The Morgan fingerprint density at radius 1 is 1.38 bits per heavy atom. The van der Waals surface area contributed by atoms with E-state index in [9.17, 15) is 9.59 Å². The Labute approximate surface area is 126 Å². The number of nitrogens with one attached hydrogen (secondary N) is 1. The van der Waals surface area contributed by atoms with Gasteiger partial charge in [-0.3, -0.25) is 9.59 Å². The van der Waals surface area contributed by atoms with Crippen molar-refractivity contribution in [1.29, 1.82) is 0 Å². The van der Waals surface area contributed by atoms with Crippen molar-refractivity contribution >= 4 is 29.1 Å². The van der Waals surface area contributed by atoms with E-state index in [0.29, 0.717) is 5.76 Å². The molecule has 0 radical (unpaired) electrons.